The van der Waals surface area contributed by atoms with Crippen LogP contribution in [0.3, 0.4) is 0 Å². The first-order valence-corrected chi connectivity index (χ1v) is 29.3. The van der Waals surface area contributed by atoms with Gasteiger partial charge in [0.2, 0.25) is 0 Å². The number of carboxylic acids is 1. The van der Waals surface area contributed by atoms with Gasteiger partial charge in [-0.1, -0.05) is 218 Å². The van der Waals surface area contributed by atoms with Crippen molar-refractivity contribution in [3.63, 3.8) is 0 Å². The lowest BCUT2D eigenvalue weighted by atomic mass is 10.1. The molecule has 0 N–H and O–H groups in total. The molecule has 0 bridgehead atoms. The lowest BCUT2D eigenvalue weighted by Gasteiger charge is -2.26. The summed E-state index contributed by atoms with van der Waals surface area (Å²) < 4.78 is 22.7. The molecule has 75 heavy (non-hydrogen) atoms. The largest absolute Gasteiger partial charge is 0.545 e. The van der Waals surface area contributed by atoms with E-state index in [4.69, 9.17) is 18.9 Å². The number of carbonyl (C=O) groups is 3. The number of aliphatic carboxylic acids is 1. The minimum Gasteiger partial charge on any atom is -0.545 e. The van der Waals surface area contributed by atoms with Crippen LogP contribution >= 0.6 is 0 Å². The van der Waals surface area contributed by atoms with E-state index in [-0.39, 0.29) is 38.6 Å². The number of allylic oxidation sites excluding steroid dienone is 22. The zero-order valence-electron chi connectivity index (χ0n) is 48.1. The monoisotopic (exact) mass is 1040 g/mol. The van der Waals surface area contributed by atoms with Crippen molar-refractivity contribution in [1.82, 2.24) is 0 Å². The van der Waals surface area contributed by atoms with Gasteiger partial charge in [-0.15, -0.1) is 0 Å². The van der Waals surface area contributed by atoms with E-state index in [0.717, 1.165) is 128 Å². The smallest absolute Gasteiger partial charge is 0.306 e. The molecule has 0 aromatic heterocycles. The zero-order chi connectivity index (χ0) is 54.8. The molecule has 0 amide bonds. The van der Waals surface area contributed by atoms with E-state index in [1.807, 2.05) is 21.1 Å². The lowest BCUT2D eigenvalue weighted by molar-refractivity contribution is -0.870. The van der Waals surface area contributed by atoms with Crippen LogP contribution in [0.5, 0.6) is 0 Å². The Kier molecular flexibility index (Phi) is 52.3. The Balaban J connectivity index is 4.32. The molecule has 2 unspecified atom stereocenters. The molecule has 0 spiro atoms. The summed E-state index contributed by atoms with van der Waals surface area (Å²) >= 11 is 0. The first-order chi connectivity index (χ1) is 36.6. The van der Waals surface area contributed by atoms with Gasteiger partial charge < -0.3 is 33.3 Å². The molecule has 0 fully saturated rings. The SMILES string of the molecule is CC/C=C\C/C=C\C/C=C\C/C=C\C/C=C\C/C=C\C/C=C\CCCCCCCCCC(=O)OC(COC(=O)CCCCCCCCCC/C=C\C/C=C\C/C=C\C/C=C\CC)COC(OCC[N+](C)(C)C)C(=O)[O-]. The fraction of sp³-hybridized carbons (Fsp3) is 0.621. The summed E-state index contributed by atoms with van der Waals surface area (Å²) in [7, 11) is 5.90. The molecule has 0 rings (SSSR count). The zero-order valence-corrected chi connectivity index (χ0v) is 48.1. The average molecular weight is 1040 g/mol. The molecule has 0 aliphatic heterocycles. The number of rotatable bonds is 52. The molecule has 0 saturated heterocycles. The maximum absolute atomic E-state index is 12.9. The normalized spacial score (nSPS) is 13.8. The van der Waals surface area contributed by atoms with Crippen molar-refractivity contribution in [3.8, 4) is 0 Å². The highest BCUT2D eigenvalue weighted by molar-refractivity contribution is 5.70. The highest BCUT2D eigenvalue weighted by atomic mass is 16.7. The molecule has 0 radical (unpaired) electrons. The summed E-state index contributed by atoms with van der Waals surface area (Å²) in [4.78, 5) is 37.3. The number of hydrogen-bond donors (Lipinski definition) is 0. The summed E-state index contributed by atoms with van der Waals surface area (Å²) in [6, 6.07) is 0. The van der Waals surface area contributed by atoms with Gasteiger partial charge in [-0.05, 0) is 109 Å². The van der Waals surface area contributed by atoms with Gasteiger partial charge in [0.15, 0.2) is 12.4 Å². The Hall–Kier alpha value is -4.57. The third-order valence-electron chi connectivity index (χ3n) is 11.9. The van der Waals surface area contributed by atoms with Gasteiger partial charge >= 0.3 is 11.9 Å². The molecule has 0 aromatic carbocycles. The van der Waals surface area contributed by atoms with Crippen molar-refractivity contribution in [2.45, 2.75) is 219 Å². The molecule has 0 heterocycles. The van der Waals surface area contributed by atoms with Crippen LogP contribution in [-0.4, -0.2) is 82.3 Å². The summed E-state index contributed by atoms with van der Waals surface area (Å²) in [5.74, 6) is -2.32. The van der Waals surface area contributed by atoms with Gasteiger partial charge in [-0.3, -0.25) is 9.59 Å². The second kappa shape index (κ2) is 55.7. The molecular weight excluding hydrogens is 935 g/mol. The van der Waals surface area contributed by atoms with Crippen molar-refractivity contribution in [2.75, 3.05) is 47.5 Å². The molecule has 0 aromatic rings. The van der Waals surface area contributed by atoms with Crippen LogP contribution in [0.2, 0.25) is 0 Å². The van der Waals surface area contributed by atoms with Gasteiger partial charge in [0.1, 0.15) is 13.2 Å². The number of quaternary nitrogens is 1. The Morgan fingerprint density at radius 3 is 1.07 bits per heavy atom. The van der Waals surface area contributed by atoms with Crippen LogP contribution in [0, 0.1) is 0 Å². The number of likely N-dealkylation sites (N-methyl/N-ethyl adjacent to an activating group) is 1. The molecule has 0 aliphatic rings. The molecule has 9 heteroatoms. The van der Waals surface area contributed by atoms with Crippen LogP contribution < -0.4 is 5.11 Å². The maximum Gasteiger partial charge on any atom is 0.306 e. The first-order valence-electron chi connectivity index (χ1n) is 29.3. The number of nitrogens with zero attached hydrogens (tertiary/aromatic N) is 1. The Bertz CT molecular complexity index is 1690. The molecular formula is C66H107NO8. The van der Waals surface area contributed by atoms with E-state index in [2.05, 4.69) is 148 Å². The van der Waals surface area contributed by atoms with E-state index in [9.17, 15) is 19.5 Å². The highest BCUT2D eigenvalue weighted by Gasteiger charge is 2.22. The van der Waals surface area contributed by atoms with Crippen molar-refractivity contribution in [3.05, 3.63) is 134 Å². The van der Waals surface area contributed by atoms with Gasteiger partial charge in [0.05, 0.1) is 40.3 Å². The maximum atomic E-state index is 12.9. The quantitative estimate of drug-likeness (QED) is 0.0195. The summed E-state index contributed by atoms with van der Waals surface area (Å²) in [6.45, 7) is 4.48. The van der Waals surface area contributed by atoms with Gasteiger partial charge in [0, 0.05) is 12.8 Å². The highest BCUT2D eigenvalue weighted by Crippen LogP contribution is 2.14. The second-order valence-electron chi connectivity index (χ2n) is 20.2. The lowest BCUT2D eigenvalue weighted by Crippen LogP contribution is -2.44. The molecule has 9 nitrogen and oxygen atoms in total. The Labute approximate surface area is 459 Å². The number of esters is 2. The Morgan fingerprint density at radius 1 is 0.400 bits per heavy atom. The predicted octanol–water partition coefficient (Wildman–Crippen LogP) is 16.1. The van der Waals surface area contributed by atoms with Crippen molar-refractivity contribution in [2.24, 2.45) is 0 Å². The van der Waals surface area contributed by atoms with Gasteiger partial charge in [-0.25, -0.2) is 0 Å². The van der Waals surface area contributed by atoms with E-state index in [1.165, 1.54) is 44.9 Å². The predicted molar refractivity (Wildman–Crippen MR) is 315 cm³/mol. The van der Waals surface area contributed by atoms with Crippen molar-refractivity contribution >= 4 is 17.9 Å². The molecule has 0 aliphatic carbocycles. The van der Waals surface area contributed by atoms with E-state index in [0.29, 0.717) is 17.4 Å². The first kappa shape index (κ1) is 70.4. The fourth-order valence-corrected chi connectivity index (χ4v) is 7.45. The number of carbonyl (C=O) groups excluding carboxylic acids is 3. The number of carboxylic acid groups (broad SMARTS) is 1. The summed E-state index contributed by atoms with van der Waals surface area (Å²) in [5.41, 5.74) is 0. The van der Waals surface area contributed by atoms with Crippen LogP contribution in [0.25, 0.3) is 0 Å². The van der Waals surface area contributed by atoms with Crippen LogP contribution in [-0.2, 0) is 33.3 Å². The van der Waals surface area contributed by atoms with Crippen molar-refractivity contribution < 1.29 is 42.9 Å². The third kappa shape index (κ3) is 57.0. The van der Waals surface area contributed by atoms with E-state index < -0.39 is 24.3 Å². The second-order valence-corrected chi connectivity index (χ2v) is 20.2. The van der Waals surface area contributed by atoms with Gasteiger partial charge in [-0.2, -0.15) is 0 Å². The van der Waals surface area contributed by atoms with E-state index in [1.54, 1.807) is 0 Å². The summed E-state index contributed by atoms with van der Waals surface area (Å²) in [6.07, 6.45) is 76.3. The Morgan fingerprint density at radius 2 is 0.720 bits per heavy atom. The van der Waals surface area contributed by atoms with E-state index >= 15 is 0 Å². The van der Waals surface area contributed by atoms with Gasteiger partial charge in [0.25, 0.3) is 0 Å². The fourth-order valence-electron chi connectivity index (χ4n) is 7.45. The number of hydrogen-bond acceptors (Lipinski definition) is 8. The number of unbranched alkanes of at least 4 members (excludes halogenated alkanes) is 15. The average Bonchev–Trinajstić information content (AvgIpc) is 3.38. The number of ether oxygens (including phenoxy) is 4. The minimum atomic E-state index is -1.64. The molecule has 0 saturated carbocycles. The standard InChI is InChI=1S/C66H107NO8/c1-6-8-10-12-14-16-18-20-22-24-26-28-29-30-31-32-33-34-35-37-39-41-43-45-47-49-51-53-55-57-64(69)75-62(61-74-66(65(70)71)72-59-58-67(3,4)5)60-73-63(68)56-54-52-50-48-46-44-42-40-38-36-27-25-23-21-19-17-15-13-11-9-7-2/h8-11,14-17,20-23,26-28,30-31,33-34,36-37,39,62,66H,6-7,12-13,18-19,24-25,29,32,35,38,40-61H2,1-5H3/b10-8-,11-9-,16-14-,17-15-,22-20-,23-21-,28-26-,31-30-,34-33-,36-27-,39-37-. The van der Waals surface area contributed by atoms with Crippen LogP contribution in [0.15, 0.2) is 134 Å². The third-order valence-corrected chi connectivity index (χ3v) is 11.9. The topological polar surface area (TPSA) is 111 Å². The molecule has 424 valence electrons. The summed E-state index contributed by atoms with van der Waals surface area (Å²) in [5, 5.41) is 11.8. The van der Waals surface area contributed by atoms with Crippen molar-refractivity contribution in [1.29, 1.82) is 0 Å². The van der Waals surface area contributed by atoms with Crippen LogP contribution in [0.4, 0.5) is 0 Å². The molecule has 2 atom stereocenters. The van der Waals surface area contributed by atoms with Crippen LogP contribution in [0.1, 0.15) is 206 Å². The minimum absolute atomic E-state index is 0.136.